The monoisotopic (exact) mass is 441 g/mol. The number of benzene rings is 2. The molecule has 0 bridgehead atoms. The van der Waals surface area contributed by atoms with E-state index in [2.05, 4.69) is 15.3 Å². The summed E-state index contributed by atoms with van der Waals surface area (Å²) in [6.07, 6.45) is 4.63. The molecule has 0 radical (unpaired) electrons. The van der Waals surface area contributed by atoms with Gasteiger partial charge in [-0.25, -0.2) is 5.10 Å². The van der Waals surface area contributed by atoms with Crippen LogP contribution in [-0.2, 0) is 0 Å². The first-order valence-electron chi connectivity index (χ1n) is 8.92. The highest BCUT2D eigenvalue weighted by atomic mass is 32.1. The number of nitrogens with zero attached hydrogens (tertiary/aromatic N) is 4. The molecule has 3 rings (SSSR count). The molecule has 1 N–H and O–H groups in total. The van der Waals surface area contributed by atoms with Crippen LogP contribution in [0.4, 0.5) is 5.69 Å². The van der Waals surface area contributed by atoms with Gasteiger partial charge in [0.2, 0.25) is 10.5 Å². The molecule has 0 saturated carbocycles. The highest BCUT2D eigenvalue weighted by molar-refractivity contribution is 7.71. The van der Waals surface area contributed by atoms with Crippen LogP contribution in [0.25, 0.3) is 17.5 Å². The molecular weight excluding hydrogens is 422 g/mol. The zero-order valence-electron chi connectivity index (χ0n) is 16.9. The lowest BCUT2D eigenvalue weighted by Crippen LogP contribution is -1.98. The summed E-state index contributed by atoms with van der Waals surface area (Å²) in [4.78, 5) is 10.7. The van der Waals surface area contributed by atoms with Crippen molar-refractivity contribution in [1.82, 2.24) is 14.9 Å². The average Bonchev–Trinajstić information content (AvgIpc) is 3.15. The topological polar surface area (TPSA) is 117 Å². The van der Waals surface area contributed by atoms with Crippen molar-refractivity contribution >= 4 is 30.2 Å². The van der Waals surface area contributed by atoms with Gasteiger partial charge in [-0.1, -0.05) is 12.1 Å². The van der Waals surface area contributed by atoms with Crippen molar-refractivity contribution in [3.63, 3.8) is 0 Å². The first kappa shape index (κ1) is 21.7. The quantitative estimate of drug-likeness (QED) is 0.242. The third-order valence-electron chi connectivity index (χ3n) is 4.25. The lowest BCUT2D eigenvalue weighted by Gasteiger charge is -2.13. The number of nitrogens with one attached hydrogen (secondary N) is 1. The van der Waals surface area contributed by atoms with Gasteiger partial charge in [-0.2, -0.15) is 14.9 Å². The third-order valence-corrected chi connectivity index (χ3v) is 4.52. The fourth-order valence-corrected chi connectivity index (χ4v) is 3.02. The fourth-order valence-electron chi connectivity index (χ4n) is 2.84. The Labute approximate surface area is 182 Å². The lowest BCUT2D eigenvalue weighted by molar-refractivity contribution is -0.385. The number of aromatic nitrogens is 3. The van der Waals surface area contributed by atoms with Gasteiger partial charge in [0.1, 0.15) is 0 Å². The van der Waals surface area contributed by atoms with E-state index in [4.69, 9.17) is 26.4 Å². The van der Waals surface area contributed by atoms with E-state index in [9.17, 15) is 10.1 Å². The van der Waals surface area contributed by atoms with E-state index in [1.807, 2.05) is 0 Å². The zero-order valence-corrected chi connectivity index (χ0v) is 17.8. The standard InChI is InChI=1S/C20H19N5O5S/c1-28-16-11-14(12-17(29-2)18(16)30-3)19-22-23-20(31)24(19)21-10-6-8-13-7-4-5-9-15(13)25(26)27/h4-12H,1-3H3,(H,23,31). The zero-order chi connectivity index (χ0) is 22.4. The number of nitro groups is 1. The first-order chi connectivity index (χ1) is 15.0. The van der Waals surface area contributed by atoms with E-state index in [-0.39, 0.29) is 10.5 Å². The molecule has 11 heteroatoms. The fraction of sp³-hybridized carbons (Fsp3) is 0.150. The molecule has 0 amide bonds. The van der Waals surface area contributed by atoms with E-state index in [0.717, 1.165) is 0 Å². The second kappa shape index (κ2) is 9.67. The minimum atomic E-state index is -0.439. The number of para-hydroxylation sites is 1. The second-order valence-electron chi connectivity index (χ2n) is 6.02. The number of methoxy groups -OCH3 is 3. The maximum atomic E-state index is 11.1. The highest BCUT2D eigenvalue weighted by Gasteiger charge is 2.17. The Morgan fingerprint density at radius 3 is 2.45 bits per heavy atom. The Hall–Kier alpha value is -3.99. The Morgan fingerprint density at radius 2 is 1.84 bits per heavy atom. The van der Waals surface area contributed by atoms with Crippen LogP contribution in [0.1, 0.15) is 5.56 Å². The molecule has 2 aromatic carbocycles. The van der Waals surface area contributed by atoms with Crippen LogP contribution in [0.5, 0.6) is 17.2 Å². The third kappa shape index (κ3) is 4.61. The van der Waals surface area contributed by atoms with E-state index in [1.54, 1.807) is 42.5 Å². The van der Waals surface area contributed by atoms with E-state index in [1.165, 1.54) is 38.3 Å². The molecule has 0 saturated heterocycles. The predicted molar refractivity (Wildman–Crippen MR) is 119 cm³/mol. The van der Waals surface area contributed by atoms with Gasteiger partial charge in [0, 0.05) is 17.8 Å². The maximum absolute atomic E-state index is 11.1. The normalized spacial score (nSPS) is 11.2. The SMILES string of the molecule is COc1cc(-c2n[nH]c(=S)n2N=CC=Cc2ccccc2[N+](=O)[O-])cc(OC)c1OC. The lowest BCUT2D eigenvalue weighted by atomic mass is 10.1. The molecule has 0 aliphatic carbocycles. The number of nitro benzene ring substituents is 1. The minimum Gasteiger partial charge on any atom is -0.493 e. The summed E-state index contributed by atoms with van der Waals surface area (Å²) in [5.74, 6) is 1.78. The molecule has 0 aliphatic rings. The molecule has 0 unspecified atom stereocenters. The van der Waals surface area contributed by atoms with Crippen LogP contribution >= 0.6 is 12.2 Å². The van der Waals surface area contributed by atoms with Crippen LogP contribution in [0.15, 0.2) is 47.6 Å². The van der Waals surface area contributed by atoms with Crippen molar-refractivity contribution < 1.29 is 19.1 Å². The maximum Gasteiger partial charge on any atom is 0.276 e. The minimum absolute atomic E-state index is 0.00480. The van der Waals surface area contributed by atoms with Crippen LogP contribution in [-0.4, -0.2) is 47.3 Å². The van der Waals surface area contributed by atoms with Crippen LogP contribution in [0.2, 0.25) is 0 Å². The molecule has 1 aromatic heterocycles. The highest BCUT2D eigenvalue weighted by Crippen LogP contribution is 2.40. The number of hydrogen-bond donors (Lipinski definition) is 1. The van der Waals surface area contributed by atoms with E-state index >= 15 is 0 Å². The number of allylic oxidation sites excluding steroid dienone is 1. The van der Waals surface area contributed by atoms with Crippen molar-refractivity contribution in [3.8, 4) is 28.6 Å². The molecule has 0 atom stereocenters. The summed E-state index contributed by atoms with van der Waals surface area (Å²) >= 11 is 5.27. The summed E-state index contributed by atoms with van der Waals surface area (Å²) < 4.78 is 17.8. The summed E-state index contributed by atoms with van der Waals surface area (Å²) in [6, 6.07) is 9.86. The number of rotatable bonds is 8. The van der Waals surface area contributed by atoms with Crippen LogP contribution in [0, 0.1) is 14.9 Å². The van der Waals surface area contributed by atoms with Crippen molar-refractivity contribution in [2.75, 3.05) is 21.3 Å². The predicted octanol–water partition coefficient (Wildman–Crippen LogP) is 4.09. The first-order valence-corrected chi connectivity index (χ1v) is 9.33. The van der Waals surface area contributed by atoms with Gasteiger partial charge in [-0.15, -0.1) is 0 Å². The second-order valence-corrected chi connectivity index (χ2v) is 6.40. The Bertz CT molecular complexity index is 1190. The van der Waals surface area contributed by atoms with Gasteiger partial charge in [-0.05, 0) is 42.6 Å². The van der Waals surface area contributed by atoms with Gasteiger partial charge >= 0.3 is 0 Å². The van der Waals surface area contributed by atoms with E-state index in [0.29, 0.717) is 34.2 Å². The van der Waals surface area contributed by atoms with Gasteiger partial charge < -0.3 is 14.2 Å². The molecule has 1 heterocycles. The number of H-pyrrole nitrogens is 1. The van der Waals surface area contributed by atoms with Gasteiger partial charge in [0.15, 0.2) is 17.3 Å². The largest absolute Gasteiger partial charge is 0.493 e. The molecule has 0 spiro atoms. The molecule has 0 fully saturated rings. The number of aromatic amines is 1. The summed E-state index contributed by atoms with van der Waals surface area (Å²) in [5, 5.41) is 22.4. The van der Waals surface area contributed by atoms with Crippen molar-refractivity contribution in [1.29, 1.82) is 0 Å². The summed E-state index contributed by atoms with van der Waals surface area (Å²) in [6.45, 7) is 0. The van der Waals surface area contributed by atoms with Gasteiger partial charge in [0.05, 0.1) is 31.8 Å². The Kier molecular flexibility index (Phi) is 6.78. The molecule has 31 heavy (non-hydrogen) atoms. The van der Waals surface area contributed by atoms with Crippen molar-refractivity contribution in [2.24, 2.45) is 5.10 Å². The molecule has 10 nitrogen and oxygen atoms in total. The molecular formula is C20H19N5O5S. The Morgan fingerprint density at radius 1 is 1.16 bits per heavy atom. The Balaban J connectivity index is 1.96. The van der Waals surface area contributed by atoms with E-state index < -0.39 is 4.92 Å². The van der Waals surface area contributed by atoms with Gasteiger partial charge in [-0.3, -0.25) is 10.1 Å². The van der Waals surface area contributed by atoms with Crippen LogP contribution in [0.3, 0.4) is 0 Å². The molecule has 3 aromatic rings. The number of ether oxygens (including phenoxy) is 3. The average molecular weight is 441 g/mol. The molecule has 0 aliphatic heterocycles. The summed E-state index contributed by atoms with van der Waals surface area (Å²) in [5.41, 5.74) is 1.09. The molecule has 160 valence electrons. The van der Waals surface area contributed by atoms with Crippen LogP contribution < -0.4 is 14.2 Å². The van der Waals surface area contributed by atoms with Crippen molar-refractivity contribution in [3.05, 3.63) is 62.9 Å². The van der Waals surface area contributed by atoms with Gasteiger partial charge in [0.25, 0.3) is 5.69 Å². The van der Waals surface area contributed by atoms with Crippen molar-refractivity contribution in [2.45, 2.75) is 0 Å². The summed E-state index contributed by atoms with van der Waals surface area (Å²) in [7, 11) is 4.55. The smallest absolute Gasteiger partial charge is 0.276 e. The number of hydrogen-bond acceptors (Lipinski definition) is 8.